The number of hydrogen-bond donors (Lipinski definition) is 4. The number of aryl methyl sites for hydroxylation is 1. The van der Waals surface area contributed by atoms with Crippen molar-refractivity contribution < 1.29 is 19.2 Å². The quantitative estimate of drug-likeness (QED) is 0.0290. The molecule has 0 saturated heterocycles. The van der Waals surface area contributed by atoms with Crippen molar-refractivity contribution in [2.45, 2.75) is 34.6 Å². The molecule has 0 spiro atoms. The number of carbonyl (C=O) groups excluding carboxylic acids is 2. The SMILES string of the molecule is COc1ccc(-c2sc(-c3sc(-c4sc(/C=C(\C#N)C(=O)NC/C=N/OCC(=O)NCCN=C(N)N)cc4C)c(C)c3C)c(C)c2C)s1.Cl. The van der Waals surface area contributed by atoms with Crippen LogP contribution < -0.4 is 26.8 Å². The van der Waals surface area contributed by atoms with E-state index in [4.69, 9.17) is 21.0 Å². The molecular formula is C33H38ClN7O4S4. The zero-order valence-electron chi connectivity index (χ0n) is 27.9. The number of nitriles is 1. The molecule has 4 aromatic heterocycles. The predicted molar refractivity (Wildman–Crippen MR) is 206 cm³/mol. The Morgan fingerprint density at radius 2 is 1.55 bits per heavy atom. The van der Waals surface area contributed by atoms with Crippen LogP contribution in [0.3, 0.4) is 0 Å². The first-order valence-electron chi connectivity index (χ1n) is 14.8. The summed E-state index contributed by atoms with van der Waals surface area (Å²) in [6.45, 7) is 11.0. The van der Waals surface area contributed by atoms with Crippen molar-refractivity contribution in [1.82, 2.24) is 10.6 Å². The number of guanidine groups is 1. The lowest BCUT2D eigenvalue weighted by Crippen LogP contribution is -2.31. The second-order valence-electron chi connectivity index (χ2n) is 10.6. The minimum atomic E-state index is -0.540. The van der Waals surface area contributed by atoms with Gasteiger partial charge < -0.3 is 31.7 Å². The van der Waals surface area contributed by atoms with Crippen LogP contribution in [0.1, 0.15) is 32.7 Å². The molecular weight excluding hydrogens is 722 g/mol. The number of amides is 2. The van der Waals surface area contributed by atoms with Gasteiger partial charge in [-0.1, -0.05) is 16.5 Å². The molecule has 11 nitrogen and oxygen atoms in total. The van der Waals surface area contributed by atoms with Crippen molar-refractivity contribution in [3.63, 3.8) is 0 Å². The molecule has 0 aliphatic heterocycles. The molecule has 0 aliphatic rings. The predicted octanol–water partition coefficient (Wildman–Crippen LogP) is 6.32. The number of aliphatic imine (C=N–C) groups is 1. The van der Waals surface area contributed by atoms with Crippen LogP contribution in [0.5, 0.6) is 5.06 Å². The zero-order chi connectivity index (χ0) is 35.0. The number of hydrogen-bond acceptors (Lipinski definition) is 11. The van der Waals surface area contributed by atoms with E-state index >= 15 is 0 Å². The van der Waals surface area contributed by atoms with Crippen LogP contribution in [0, 0.1) is 45.9 Å². The highest BCUT2D eigenvalue weighted by molar-refractivity contribution is 7.29. The molecule has 0 fully saturated rings. The average Bonchev–Trinajstić information content (AvgIpc) is 3.82. The number of oxime groups is 1. The van der Waals surface area contributed by atoms with Gasteiger partial charge in [-0.2, -0.15) is 5.26 Å². The summed E-state index contributed by atoms with van der Waals surface area (Å²) in [6.07, 6.45) is 2.89. The first-order chi connectivity index (χ1) is 22.9. The van der Waals surface area contributed by atoms with Gasteiger partial charge in [0.2, 0.25) is 0 Å². The molecule has 260 valence electrons. The Morgan fingerprint density at radius 1 is 0.918 bits per heavy atom. The fourth-order valence-corrected chi connectivity index (χ4v) is 9.80. The normalized spacial score (nSPS) is 11.2. The van der Waals surface area contributed by atoms with Crippen molar-refractivity contribution in [2.75, 3.05) is 33.4 Å². The number of nitrogens with two attached hydrogens (primary N) is 2. The standard InChI is InChI=1S/C33H37N7O4S4.ClH/c1-17-13-23(14-22(15-34)32(42)38-11-12-40-44-16-25(41)37-9-10-39-33(35)36)45-27(17)29-20(4)21(5)31(48-29)30-19(3)18(2)28(47-30)24-7-8-26(43-6)46-24;/h7-8,12-14H,9-11,16H2,1-6H3,(H,37,41)(H,38,42)(H4,35,36,39);1H/b22-14+,40-12+;. The van der Waals surface area contributed by atoms with Crippen LogP contribution in [-0.4, -0.2) is 57.3 Å². The third-order valence-electron chi connectivity index (χ3n) is 7.33. The summed E-state index contributed by atoms with van der Waals surface area (Å²) in [5.74, 6) is -0.990. The number of thiophene rings is 4. The van der Waals surface area contributed by atoms with E-state index in [1.807, 2.05) is 36.5 Å². The first-order valence-corrected chi connectivity index (χ1v) is 18.0. The molecule has 0 atom stereocenters. The molecule has 49 heavy (non-hydrogen) atoms. The third kappa shape index (κ3) is 9.71. The highest BCUT2D eigenvalue weighted by Crippen LogP contribution is 2.51. The van der Waals surface area contributed by atoms with E-state index in [2.05, 4.69) is 54.5 Å². The molecule has 4 aromatic rings. The number of nitrogens with zero attached hydrogens (tertiary/aromatic N) is 3. The minimum absolute atomic E-state index is 0. The number of rotatable bonds is 14. The van der Waals surface area contributed by atoms with Crippen LogP contribution in [0.4, 0.5) is 0 Å². The lowest BCUT2D eigenvalue weighted by molar-refractivity contribution is -0.125. The van der Waals surface area contributed by atoms with Gasteiger partial charge >= 0.3 is 0 Å². The van der Waals surface area contributed by atoms with Crippen molar-refractivity contribution in [3.05, 3.63) is 56.5 Å². The molecule has 0 aliphatic carbocycles. The maximum atomic E-state index is 12.7. The zero-order valence-corrected chi connectivity index (χ0v) is 32.0. The minimum Gasteiger partial charge on any atom is -0.487 e. The van der Waals surface area contributed by atoms with Gasteiger partial charge in [0, 0.05) is 40.7 Å². The summed E-state index contributed by atoms with van der Waals surface area (Å²) in [7, 11) is 1.69. The van der Waals surface area contributed by atoms with Gasteiger partial charge in [-0.15, -0.1) is 46.4 Å². The molecule has 0 bridgehead atoms. The van der Waals surface area contributed by atoms with Crippen LogP contribution >= 0.6 is 57.8 Å². The first kappa shape index (κ1) is 39.2. The van der Waals surface area contributed by atoms with E-state index in [1.54, 1.807) is 47.2 Å². The van der Waals surface area contributed by atoms with Crippen LogP contribution in [0.25, 0.3) is 35.3 Å². The summed E-state index contributed by atoms with van der Waals surface area (Å²) in [5.41, 5.74) is 16.5. The summed E-state index contributed by atoms with van der Waals surface area (Å²) < 4.78 is 5.43. The summed E-state index contributed by atoms with van der Waals surface area (Å²) in [5, 5.41) is 19.5. The number of halogens is 1. The van der Waals surface area contributed by atoms with Gasteiger partial charge in [-0.25, -0.2) is 0 Å². The Kier molecular flexibility index (Phi) is 14.4. The number of carbonyl (C=O) groups is 2. The molecule has 0 radical (unpaired) electrons. The second kappa shape index (κ2) is 18.0. The van der Waals surface area contributed by atoms with E-state index in [0.29, 0.717) is 0 Å². The topological polar surface area (TPSA) is 177 Å². The smallest absolute Gasteiger partial charge is 0.262 e. The van der Waals surface area contributed by atoms with Gasteiger partial charge in [0.25, 0.3) is 11.8 Å². The van der Waals surface area contributed by atoms with E-state index in [1.165, 1.54) is 52.9 Å². The van der Waals surface area contributed by atoms with Gasteiger partial charge in [-0.3, -0.25) is 14.6 Å². The van der Waals surface area contributed by atoms with Gasteiger partial charge in [0.1, 0.15) is 11.6 Å². The fraction of sp³-hybridized carbons (Fsp3) is 0.303. The van der Waals surface area contributed by atoms with Crippen molar-refractivity contribution in [3.8, 4) is 40.4 Å². The third-order valence-corrected chi connectivity index (χ3v) is 12.9. The molecule has 4 rings (SSSR count). The molecule has 16 heteroatoms. The lowest BCUT2D eigenvalue weighted by atomic mass is 10.1. The van der Waals surface area contributed by atoms with Gasteiger partial charge in [-0.05, 0) is 86.7 Å². The number of methoxy groups -OCH3 is 1. The fourth-order valence-electron chi connectivity index (χ4n) is 4.57. The van der Waals surface area contributed by atoms with Gasteiger partial charge in [0.15, 0.2) is 17.6 Å². The highest BCUT2D eigenvalue weighted by Gasteiger charge is 2.23. The molecule has 6 N–H and O–H groups in total. The molecule has 4 heterocycles. The van der Waals surface area contributed by atoms with Crippen molar-refractivity contribution in [1.29, 1.82) is 5.26 Å². The summed E-state index contributed by atoms with van der Waals surface area (Å²) in [6, 6.07) is 8.13. The van der Waals surface area contributed by atoms with E-state index in [-0.39, 0.29) is 50.2 Å². The van der Waals surface area contributed by atoms with E-state index < -0.39 is 11.8 Å². The Labute approximate surface area is 307 Å². The second-order valence-corrected chi connectivity index (χ2v) is 14.8. The van der Waals surface area contributed by atoms with Crippen LogP contribution in [-0.2, 0) is 14.4 Å². The van der Waals surface area contributed by atoms with Crippen LogP contribution in [0.15, 0.2) is 33.9 Å². The Balaban J connectivity index is 0.00000650. The molecule has 2 amide bonds. The number of ether oxygens (including phenoxy) is 1. The van der Waals surface area contributed by atoms with Crippen LogP contribution in [0.2, 0.25) is 0 Å². The highest BCUT2D eigenvalue weighted by atomic mass is 35.5. The Hall–Kier alpha value is -4.20. The van der Waals surface area contributed by atoms with Crippen molar-refractivity contribution >= 4 is 87.8 Å². The molecule has 0 saturated carbocycles. The van der Waals surface area contributed by atoms with E-state index in [9.17, 15) is 14.9 Å². The lowest BCUT2D eigenvalue weighted by Gasteiger charge is -2.02. The van der Waals surface area contributed by atoms with Crippen molar-refractivity contribution in [2.24, 2.45) is 21.6 Å². The number of nitrogens with one attached hydrogen (secondary N) is 2. The summed E-state index contributed by atoms with van der Waals surface area (Å²) >= 11 is 6.82. The Bertz CT molecular complexity index is 1940. The maximum absolute atomic E-state index is 12.7. The maximum Gasteiger partial charge on any atom is 0.262 e. The molecule has 0 aromatic carbocycles. The average molecular weight is 760 g/mol. The Morgan fingerprint density at radius 3 is 2.16 bits per heavy atom. The van der Waals surface area contributed by atoms with E-state index in [0.717, 1.165) is 20.4 Å². The monoisotopic (exact) mass is 759 g/mol. The summed E-state index contributed by atoms with van der Waals surface area (Å²) in [4.78, 5) is 41.2. The molecule has 0 unspecified atom stereocenters. The van der Waals surface area contributed by atoms with Gasteiger partial charge in [0.05, 0.1) is 26.4 Å². The largest absolute Gasteiger partial charge is 0.487 e.